The molecular weight excluding hydrogens is 274 g/mol. The molecule has 0 aliphatic rings. The van der Waals surface area contributed by atoms with Crippen molar-refractivity contribution in [2.75, 3.05) is 13.6 Å². The first-order chi connectivity index (χ1) is 9.45. The molecule has 108 valence electrons. The smallest absolute Gasteiger partial charge is 0.241 e. The number of fused-ring (bicyclic) bond motifs is 1. The van der Waals surface area contributed by atoms with Crippen LogP contribution in [0.4, 0.5) is 0 Å². The van der Waals surface area contributed by atoms with E-state index in [0.717, 1.165) is 11.1 Å². The number of likely N-dealkylation sites (N-methyl/N-ethyl adjacent to an activating group) is 1. The summed E-state index contributed by atoms with van der Waals surface area (Å²) in [5, 5.41) is 3.65. The SMILES string of the molecule is CNC(C)CNS(=O)(=O)c1ccc(C)c2ncccc12. The van der Waals surface area contributed by atoms with Crippen LogP contribution in [-0.4, -0.2) is 33.0 Å². The molecule has 0 fully saturated rings. The van der Waals surface area contributed by atoms with E-state index in [-0.39, 0.29) is 10.9 Å². The molecule has 0 spiro atoms. The molecule has 0 saturated carbocycles. The first kappa shape index (κ1) is 14.9. The monoisotopic (exact) mass is 293 g/mol. The van der Waals surface area contributed by atoms with Crippen LogP contribution in [0.5, 0.6) is 0 Å². The van der Waals surface area contributed by atoms with Crippen LogP contribution in [0.3, 0.4) is 0 Å². The molecule has 20 heavy (non-hydrogen) atoms. The molecule has 1 atom stereocenters. The fraction of sp³-hybridized carbons (Fsp3) is 0.357. The molecule has 1 heterocycles. The molecule has 0 amide bonds. The van der Waals surface area contributed by atoms with Gasteiger partial charge in [-0.3, -0.25) is 4.98 Å². The topological polar surface area (TPSA) is 71.1 Å². The van der Waals surface area contributed by atoms with Crippen LogP contribution in [0.15, 0.2) is 35.4 Å². The predicted molar refractivity (Wildman–Crippen MR) is 80.2 cm³/mol. The van der Waals surface area contributed by atoms with Crippen LogP contribution in [0, 0.1) is 6.92 Å². The maximum absolute atomic E-state index is 12.4. The number of benzene rings is 1. The van der Waals surface area contributed by atoms with Gasteiger partial charge in [-0.05, 0) is 44.7 Å². The van der Waals surface area contributed by atoms with E-state index in [2.05, 4.69) is 15.0 Å². The van der Waals surface area contributed by atoms with Gasteiger partial charge in [0.15, 0.2) is 0 Å². The first-order valence-corrected chi connectivity index (χ1v) is 7.95. The first-order valence-electron chi connectivity index (χ1n) is 6.47. The highest BCUT2D eigenvalue weighted by Crippen LogP contribution is 2.23. The van der Waals surface area contributed by atoms with E-state index in [1.807, 2.05) is 13.8 Å². The highest BCUT2D eigenvalue weighted by molar-refractivity contribution is 7.89. The quantitative estimate of drug-likeness (QED) is 0.875. The Labute approximate surface area is 119 Å². The number of hydrogen-bond acceptors (Lipinski definition) is 4. The van der Waals surface area contributed by atoms with E-state index in [0.29, 0.717) is 11.9 Å². The van der Waals surface area contributed by atoms with Crippen molar-refractivity contribution in [3.63, 3.8) is 0 Å². The lowest BCUT2D eigenvalue weighted by Crippen LogP contribution is -2.37. The van der Waals surface area contributed by atoms with Gasteiger partial charge in [-0.15, -0.1) is 0 Å². The Morgan fingerprint density at radius 1 is 1.30 bits per heavy atom. The summed E-state index contributed by atoms with van der Waals surface area (Å²) in [6, 6.07) is 7.01. The molecule has 1 aromatic heterocycles. The van der Waals surface area contributed by atoms with Gasteiger partial charge < -0.3 is 5.32 Å². The molecule has 0 aliphatic heterocycles. The van der Waals surface area contributed by atoms with Crippen LogP contribution in [0.25, 0.3) is 10.9 Å². The molecule has 2 aromatic rings. The van der Waals surface area contributed by atoms with Gasteiger partial charge in [-0.25, -0.2) is 13.1 Å². The van der Waals surface area contributed by atoms with Gasteiger partial charge in [-0.1, -0.05) is 6.07 Å². The van der Waals surface area contributed by atoms with E-state index < -0.39 is 10.0 Å². The third-order valence-electron chi connectivity index (χ3n) is 3.29. The minimum absolute atomic E-state index is 0.0691. The van der Waals surface area contributed by atoms with Crippen molar-refractivity contribution in [3.8, 4) is 0 Å². The lowest BCUT2D eigenvalue weighted by molar-refractivity contribution is 0.555. The summed E-state index contributed by atoms with van der Waals surface area (Å²) in [6.07, 6.45) is 1.67. The van der Waals surface area contributed by atoms with Gasteiger partial charge in [0, 0.05) is 24.2 Å². The number of hydrogen-bond donors (Lipinski definition) is 2. The highest BCUT2D eigenvalue weighted by atomic mass is 32.2. The normalized spacial score (nSPS) is 13.6. The number of aryl methyl sites for hydroxylation is 1. The maximum Gasteiger partial charge on any atom is 0.241 e. The van der Waals surface area contributed by atoms with Gasteiger partial charge in [-0.2, -0.15) is 0 Å². The average molecular weight is 293 g/mol. The molecule has 0 aliphatic carbocycles. The Morgan fingerprint density at radius 3 is 2.75 bits per heavy atom. The molecule has 1 aromatic carbocycles. The minimum atomic E-state index is -3.54. The summed E-state index contributed by atoms with van der Waals surface area (Å²) >= 11 is 0. The zero-order valence-corrected chi connectivity index (χ0v) is 12.7. The van der Waals surface area contributed by atoms with Crippen molar-refractivity contribution >= 4 is 20.9 Å². The van der Waals surface area contributed by atoms with Gasteiger partial charge in [0.25, 0.3) is 0 Å². The van der Waals surface area contributed by atoms with Crippen LogP contribution >= 0.6 is 0 Å². The summed E-state index contributed by atoms with van der Waals surface area (Å²) in [7, 11) is -1.74. The molecule has 2 rings (SSSR count). The molecule has 0 saturated heterocycles. The summed E-state index contributed by atoms with van der Waals surface area (Å²) < 4.78 is 27.4. The van der Waals surface area contributed by atoms with Crippen molar-refractivity contribution in [2.45, 2.75) is 24.8 Å². The molecular formula is C14H19N3O2S. The Bertz CT molecular complexity index is 713. The van der Waals surface area contributed by atoms with Crippen LogP contribution < -0.4 is 10.0 Å². The number of sulfonamides is 1. The van der Waals surface area contributed by atoms with Gasteiger partial charge in [0.1, 0.15) is 0 Å². The number of aromatic nitrogens is 1. The third kappa shape index (κ3) is 2.98. The standard InChI is InChI=1S/C14H19N3O2S/c1-10-6-7-13(12-5-4-8-16-14(10)12)20(18,19)17-9-11(2)15-3/h4-8,11,15,17H,9H2,1-3H3. The fourth-order valence-electron chi connectivity index (χ4n) is 1.94. The Balaban J connectivity index is 2.45. The molecule has 2 N–H and O–H groups in total. The molecule has 0 radical (unpaired) electrons. The van der Waals surface area contributed by atoms with Crippen molar-refractivity contribution in [3.05, 3.63) is 36.0 Å². The van der Waals surface area contributed by atoms with Crippen LogP contribution in [0.2, 0.25) is 0 Å². The highest BCUT2D eigenvalue weighted by Gasteiger charge is 2.18. The molecule has 6 heteroatoms. The average Bonchev–Trinajstić information content (AvgIpc) is 2.45. The minimum Gasteiger partial charge on any atom is -0.316 e. The van der Waals surface area contributed by atoms with E-state index in [1.54, 1.807) is 37.5 Å². The van der Waals surface area contributed by atoms with Crippen LogP contribution in [-0.2, 0) is 10.0 Å². The van der Waals surface area contributed by atoms with Crippen molar-refractivity contribution in [1.82, 2.24) is 15.0 Å². The van der Waals surface area contributed by atoms with Crippen molar-refractivity contribution in [2.24, 2.45) is 0 Å². The predicted octanol–water partition coefficient (Wildman–Crippen LogP) is 1.43. The second-order valence-electron chi connectivity index (χ2n) is 4.82. The summed E-state index contributed by atoms with van der Waals surface area (Å²) in [5.41, 5.74) is 1.68. The molecule has 5 nitrogen and oxygen atoms in total. The van der Waals surface area contributed by atoms with E-state index >= 15 is 0 Å². The zero-order valence-electron chi connectivity index (χ0n) is 11.8. The zero-order chi connectivity index (χ0) is 14.8. The fourth-order valence-corrected chi connectivity index (χ4v) is 3.26. The largest absolute Gasteiger partial charge is 0.316 e. The molecule has 0 bridgehead atoms. The third-order valence-corrected chi connectivity index (χ3v) is 4.77. The Morgan fingerprint density at radius 2 is 2.05 bits per heavy atom. The van der Waals surface area contributed by atoms with Gasteiger partial charge in [0.2, 0.25) is 10.0 Å². The summed E-state index contributed by atoms with van der Waals surface area (Å²) in [4.78, 5) is 4.53. The lowest BCUT2D eigenvalue weighted by Gasteiger charge is -2.13. The Hall–Kier alpha value is -1.50. The van der Waals surface area contributed by atoms with Crippen molar-refractivity contribution < 1.29 is 8.42 Å². The second kappa shape index (κ2) is 5.87. The van der Waals surface area contributed by atoms with Crippen molar-refractivity contribution in [1.29, 1.82) is 0 Å². The van der Waals surface area contributed by atoms with E-state index in [9.17, 15) is 8.42 Å². The number of pyridine rings is 1. The van der Waals surface area contributed by atoms with Gasteiger partial charge >= 0.3 is 0 Å². The number of rotatable bonds is 5. The number of nitrogens with zero attached hydrogens (tertiary/aromatic N) is 1. The van der Waals surface area contributed by atoms with Gasteiger partial charge in [0.05, 0.1) is 10.4 Å². The lowest BCUT2D eigenvalue weighted by atomic mass is 10.1. The van der Waals surface area contributed by atoms with E-state index in [1.165, 1.54) is 0 Å². The van der Waals surface area contributed by atoms with Crippen LogP contribution in [0.1, 0.15) is 12.5 Å². The molecule has 1 unspecified atom stereocenters. The summed E-state index contributed by atoms with van der Waals surface area (Å²) in [6.45, 7) is 4.17. The number of nitrogens with one attached hydrogen (secondary N) is 2. The summed E-state index contributed by atoms with van der Waals surface area (Å²) in [5.74, 6) is 0. The second-order valence-corrected chi connectivity index (χ2v) is 6.56. The maximum atomic E-state index is 12.4. The van der Waals surface area contributed by atoms with E-state index in [4.69, 9.17) is 0 Å². The Kier molecular flexibility index (Phi) is 4.37.